The number of hydrogen-bond acceptors (Lipinski definition) is 5. The molecule has 5 nitrogen and oxygen atoms in total. The van der Waals surface area contributed by atoms with E-state index in [1.54, 1.807) is 24.3 Å². The van der Waals surface area contributed by atoms with Crippen molar-refractivity contribution in [2.45, 2.75) is 13.8 Å². The van der Waals surface area contributed by atoms with E-state index in [1.807, 2.05) is 0 Å². The summed E-state index contributed by atoms with van der Waals surface area (Å²) in [7, 11) is 0. The summed E-state index contributed by atoms with van der Waals surface area (Å²) in [5.41, 5.74) is 6.43. The number of thiazole rings is 1. The lowest BCUT2D eigenvalue weighted by Gasteiger charge is -2.04. The summed E-state index contributed by atoms with van der Waals surface area (Å²) in [4.78, 5) is 16.8. The third-order valence-electron chi connectivity index (χ3n) is 2.60. The monoisotopic (exact) mass is 324 g/mol. The number of rotatable bonds is 5. The van der Waals surface area contributed by atoms with E-state index in [9.17, 15) is 4.79 Å². The Morgan fingerprint density at radius 2 is 2.24 bits per heavy atom. The molecule has 0 unspecified atom stereocenters. The number of nitrogens with one attached hydrogen (secondary N) is 2. The molecule has 2 rings (SSSR count). The normalized spacial score (nSPS) is 10.7. The predicted molar refractivity (Wildman–Crippen MR) is 89.3 cm³/mol. The second-order valence-electron chi connectivity index (χ2n) is 4.97. The molecule has 0 bridgehead atoms. The van der Waals surface area contributed by atoms with Gasteiger partial charge in [-0.2, -0.15) is 0 Å². The molecule has 0 radical (unpaired) electrons. The first-order valence-electron chi connectivity index (χ1n) is 6.53. The number of aromatic nitrogens is 1. The quantitative estimate of drug-likeness (QED) is 0.783. The van der Waals surface area contributed by atoms with Crippen LogP contribution in [0.5, 0.6) is 0 Å². The molecule has 21 heavy (non-hydrogen) atoms. The topological polar surface area (TPSA) is 80.0 Å². The van der Waals surface area contributed by atoms with E-state index < -0.39 is 0 Å². The molecule has 0 fully saturated rings. The van der Waals surface area contributed by atoms with Gasteiger partial charge in [0.2, 0.25) is 0 Å². The molecule has 1 amide bonds. The van der Waals surface area contributed by atoms with Gasteiger partial charge >= 0.3 is 0 Å². The van der Waals surface area contributed by atoms with Crippen molar-refractivity contribution in [2.24, 2.45) is 5.92 Å². The Morgan fingerprint density at radius 1 is 1.48 bits per heavy atom. The molecule has 7 heteroatoms. The number of benzene rings is 1. The Bertz CT molecular complexity index is 642. The van der Waals surface area contributed by atoms with Crippen LogP contribution in [0, 0.1) is 5.92 Å². The van der Waals surface area contributed by atoms with Crippen molar-refractivity contribution in [3.8, 4) is 0 Å². The van der Waals surface area contributed by atoms with Gasteiger partial charge in [0.1, 0.15) is 10.7 Å². The van der Waals surface area contributed by atoms with E-state index in [-0.39, 0.29) is 11.7 Å². The van der Waals surface area contributed by atoms with Gasteiger partial charge in [0, 0.05) is 17.3 Å². The van der Waals surface area contributed by atoms with Crippen molar-refractivity contribution in [3.63, 3.8) is 0 Å². The van der Waals surface area contributed by atoms with Gasteiger partial charge in [-0.3, -0.25) is 4.79 Å². The molecule has 1 aromatic heterocycles. The molecule has 0 atom stereocenters. The van der Waals surface area contributed by atoms with Crippen LogP contribution in [0.2, 0.25) is 5.02 Å². The summed E-state index contributed by atoms with van der Waals surface area (Å²) in [5.74, 6) is 0.425. The Kier molecular flexibility index (Phi) is 5.03. The average Bonchev–Trinajstić information content (AvgIpc) is 2.78. The molecule has 4 N–H and O–H groups in total. The summed E-state index contributed by atoms with van der Waals surface area (Å²) in [6.07, 6.45) is 0. The number of nitrogen functional groups attached to an aromatic ring is 1. The first-order chi connectivity index (χ1) is 9.95. The standard InChI is InChI=1S/C14H17ClN4OS/c1-8(2)7-17-14-19-12(16)11(21-14)13(20)18-10-5-3-4-9(15)6-10/h3-6,8H,7,16H2,1-2H3,(H,17,19)(H,18,20). The summed E-state index contributed by atoms with van der Waals surface area (Å²) < 4.78 is 0. The van der Waals surface area contributed by atoms with Crippen LogP contribution >= 0.6 is 22.9 Å². The summed E-state index contributed by atoms with van der Waals surface area (Å²) >= 11 is 7.13. The van der Waals surface area contributed by atoms with E-state index >= 15 is 0 Å². The van der Waals surface area contributed by atoms with E-state index in [4.69, 9.17) is 17.3 Å². The number of hydrogen-bond donors (Lipinski definition) is 3. The van der Waals surface area contributed by atoms with Crippen molar-refractivity contribution >= 4 is 45.5 Å². The van der Waals surface area contributed by atoms with Gasteiger partial charge in [-0.25, -0.2) is 4.98 Å². The molecule has 0 saturated carbocycles. The van der Waals surface area contributed by atoms with Crippen LogP contribution in [-0.4, -0.2) is 17.4 Å². The summed E-state index contributed by atoms with van der Waals surface area (Å²) in [6.45, 7) is 4.97. The highest BCUT2D eigenvalue weighted by molar-refractivity contribution is 7.18. The van der Waals surface area contributed by atoms with Crippen molar-refractivity contribution in [2.75, 3.05) is 22.9 Å². The zero-order valence-corrected chi connectivity index (χ0v) is 13.4. The van der Waals surface area contributed by atoms with Gasteiger partial charge in [-0.05, 0) is 24.1 Å². The third-order valence-corrected chi connectivity index (χ3v) is 3.87. The van der Waals surface area contributed by atoms with Gasteiger partial charge in [0.25, 0.3) is 5.91 Å². The Hall–Kier alpha value is -1.79. The van der Waals surface area contributed by atoms with Crippen LogP contribution in [-0.2, 0) is 0 Å². The summed E-state index contributed by atoms with van der Waals surface area (Å²) in [6, 6.07) is 6.95. The number of halogens is 1. The van der Waals surface area contributed by atoms with Crippen molar-refractivity contribution in [1.82, 2.24) is 4.98 Å². The van der Waals surface area contributed by atoms with Crippen LogP contribution in [0.3, 0.4) is 0 Å². The lowest BCUT2D eigenvalue weighted by Crippen LogP contribution is -2.12. The maximum atomic E-state index is 12.2. The SMILES string of the molecule is CC(C)CNc1nc(N)c(C(=O)Nc2cccc(Cl)c2)s1. The molecule has 0 aliphatic heterocycles. The molecule has 112 valence electrons. The van der Waals surface area contributed by atoms with Gasteiger partial charge < -0.3 is 16.4 Å². The maximum Gasteiger partial charge on any atom is 0.269 e. The molecule has 2 aromatic rings. The molecule has 0 aliphatic carbocycles. The van der Waals surface area contributed by atoms with E-state index in [1.165, 1.54) is 11.3 Å². The number of carbonyl (C=O) groups is 1. The highest BCUT2D eigenvalue weighted by Crippen LogP contribution is 2.26. The molecule has 1 aromatic carbocycles. The number of anilines is 3. The molecule has 1 heterocycles. The van der Waals surface area contributed by atoms with Crippen molar-refractivity contribution in [3.05, 3.63) is 34.2 Å². The summed E-state index contributed by atoms with van der Waals surface area (Å²) in [5, 5.41) is 7.13. The second kappa shape index (κ2) is 6.78. The van der Waals surface area contributed by atoms with Gasteiger partial charge in [0.15, 0.2) is 5.13 Å². The minimum absolute atomic E-state index is 0.228. The Morgan fingerprint density at radius 3 is 2.90 bits per heavy atom. The minimum Gasteiger partial charge on any atom is -0.382 e. The van der Waals surface area contributed by atoms with Crippen LogP contribution in [0.15, 0.2) is 24.3 Å². The highest BCUT2D eigenvalue weighted by Gasteiger charge is 2.16. The molecule has 0 saturated heterocycles. The second-order valence-corrected chi connectivity index (χ2v) is 6.41. The fraction of sp³-hybridized carbons (Fsp3) is 0.286. The van der Waals surface area contributed by atoms with E-state index in [0.29, 0.717) is 26.6 Å². The Labute approximate surface area is 132 Å². The van der Waals surface area contributed by atoms with Gasteiger partial charge in [0.05, 0.1) is 0 Å². The first kappa shape index (κ1) is 15.6. The van der Waals surface area contributed by atoms with E-state index in [2.05, 4.69) is 29.5 Å². The number of amides is 1. The molecular formula is C14H17ClN4OS. The zero-order valence-electron chi connectivity index (χ0n) is 11.8. The largest absolute Gasteiger partial charge is 0.382 e. The lowest BCUT2D eigenvalue weighted by atomic mass is 10.2. The number of nitrogens with zero attached hydrogens (tertiary/aromatic N) is 1. The van der Waals surface area contributed by atoms with Crippen LogP contribution < -0.4 is 16.4 Å². The lowest BCUT2D eigenvalue weighted by molar-refractivity contribution is 0.103. The third kappa shape index (κ3) is 4.34. The predicted octanol–water partition coefficient (Wildman–Crippen LogP) is 3.70. The van der Waals surface area contributed by atoms with Crippen molar-refractivity contribution in [1.29, 1.82) is 0 Å². The maximum absolute atomic E-state index is 12.2. The first-order valence-corrected chi connectivity index (χ1v) is 7.72. The van der Waals surface area contributed by atoms with Crippen LogP contribution in [0.25, 0.3) is 0 Å². The molecule has 0 spiro atoms. The number of nitrogens with two attached hydrogens (primary N) is 1. The zero-order chi connectivity index (χ0) is 15.4. The van der Waals surface area contributed by atoms with Crippen molar-refractivity contribution < 1.29 is 4.79 Å². The highest BCUT2D eigenvalue weighted by atomic mass is 35.5. The smallest absolute Gasteiger partial charge is 0.269 e. The Balaban J connectivity index is 2.08. The molecule has 0 aliphatic rings. The molecular weight excluding hydrogens is 308 g/mol. The van der Waals surface area contributed by atoms with Gasteiger partial charge in [-0.15, -0.1) is 0 Å². The minimum atomic E-state index is -0.287. The van der Waals surface area contributed by atoms with Crippen LogP contribution in [0.4, 0.5) is 16.6 Å². The van der Waals surface area contributed by atoms with E-state index in [0.717, 1.165) is 6.54 Å². The van der Waals surface area contributed by atoms with Crippen LogP contribution in [0.1, 0.15) is 23.5 Å². The van der Waals surface area contributed by atoms with Gasteiger partial charge in [-0.1, -0.05) is 42.9 Å². The average molecular weight is 325 g/mol. The number of carbonyl (C=O) groups excluding carboxylic acids is 1. The fourth-order valence-corrected chi connectivity index (χ4v) is 2.59. The fourth-order valence-electron chi connectivity index (χ4n) is 1.62.